The van der Waals surface area contributed by atoms with Crippen LogP contribution in [0.5, 0.6) is 5.75 Å². The van der Waals surface area contributed by atoms with Crippen molar-refractivity contribution in [1.82, 2.24) is 20.1 Å². The molecule has 0 aliphatic heterocycles. The maximum atomic E-state index is 13.7. The molecule has 0 saturated carbocycles. The van der Waals surface area contributed by atoms with E-state index in [9.17, 15) is 18.0 Å². The average molecular weight is 350 g/mol. The number of nitrogens with zero attached hydrogens (tertiary/aromatic N) is 3. The van der Waals surface area contributed by atoms with E-state index in [0.29, 0.717) is 0 Å². The number of carbonyl (C=O) groups is 1. The van der Waals surface area contributed by atoms with E-state index >= 15 is 0 Å². The average Bonchev–Trinajstić information content (AvgIpc) is 2.98. The summed E-state index contributed by atoms with van der Waals surface area (Å²) in [5, 5.41) is 10.8. The van der Waals surface area contributed by atoms with Crippen molar-refractivity contribution < 1.29 is 22.7 Å². The van der Waals surface area contributed by atoms with Crippen molar-refractivity contribution in [3.8, 4) is 5.75 Å². The highest BCUT2D eigenvalue weighted by molar-refractivity contribution is 5.94. The van der Waals surface area contributed by atoms with Gasteiger partial charge < -0.3 is 10.1 Å². The lowest BCUT2D eigenvalue weighted by Gasteiger charge is -2.08. The second-order valence-electron chi connectivity index (χ2n) is 5.23. The van der Waals surface area contributed by atoms with Crippen LogP contribution < -0.4 is 10.1 Å². The first-order valence-electron chi connectivity index (χ1n) is 7.27. The maximum absolute atomic E-state index is 13.7. The molecule has 0 radical (unpaired) electrons. The van der Waals surface area contributed by atoms with E-state index in [1.54, 1.807) is 12.4 Å². The van der Waals surface area contributed by atoms with E-state index in [2.05, 4.69) is 20.3 Å². The zero-order valence-electron chi connectivity index (χ0n) is 13.0. The molecular weight excluding hydrogens is 337 g/mol. The molecule has 25 heavy (non-hydrogen) atoms. The van der Waals surface area contributed by atoms with Gasteiger partial charge in [0.25, 0.3) is 5.91 Å². The number of hydrogen-bond donors (Lipinski definition) is 1. The lowest BCUT2D eigenvalue weighted by molar-refractivity contribution is -0.0521. The van der Waals surface area contributed by atoms with Gasteiger partial charge in [-0.3, -0.25) is 4.79 Å². The van der Waals surface area contributed by atoms with Gasteiger partial charge in [-0.25, -0.2) is 4.39 Å². The first kappa shape index (κ1) is 16.7. The van der Waals surface area contributed by atoms with E-state index in [1.165, 1.54) is 10.7 Å². The molecular formula is C16H13F3N4O2. The van der Waals surface area contributed by atoms with E-state index < -0.39 is 24.1 Å². The Kier molecular flexibility index (Phi) is 4.55. The fourth-order valence-corrected chi connectivity index (χ4v) is 2.40. The zero-order chi connectivity index (χ0) is 18.0. The number of carbonyl (C=O) groups excluding carboxylic acids is 1. The number of hydrogen-bond acceptors (Lipinski definition) is 4. The molecule has 0 bridgehead atoms. The van der Waals surface area contributed by atoms with Gasteiger partial charge in [0.15, 0.2) is 11.6 Å². The van der Waals surface area contributed by atoms with E-state index in [0.717, 1.165) is 28.8 Å². The van der Waals surface area contributed by atoms with Crippen LogP contribution in [0.25, 0.3) is 5.52 Å². The molecule has 1 N–H and O–H groups in total. The lowest BCUT2D eigenvalue weighted by Crippen LogP contribution is -2.23. The van der Waals surface area contributed by atoms with Crippen LogP contribution in [0, 0.1) is 12.7 Å². The summed E-state index contributed by atoms with van der Waals surface area (Å²) >= 11 is 0. The Hall–Kier alpha value is -3.10. The Morgan fingerprint density at radius 2 is 2.12 bits per heavy atom. The number of nitrogens with one attached hydrogen (secondary N) is 1. The Balaban J connectivity index is 1.73. The first-order chi connectivity index (χ1) is 12.0. The van der Waals surface area contributed by atoms with E-state index in [4.69, 9.17) is 0 Å². The summed E-state index contributed by atoms with van der Waals surface area (Å²) in [5.74, 6) is -2.21. The summed E-state index contributed by atoms with van der Waals surface area (Å²) < 4.78 is 43.4. The quantitative estimate of drug-likeness (QED) is 0.768. The number of alkyl halides is 2. The molecule has 1 amide bonds. The van der Waals surface area contributed by atoms with Crippen LogP contribution in [-0.4, -0.2) is 27.3 Å². The van der Waals surface area contributed by atoms with Crippen LogP contribution in [-0.2, 0) is 6.54 Å². The molecule has 9 heteroatoms. The third-order valence-corrected chi connectivity index (χ3v) is 3.55. The Morgan fingerprint density at radius 3 is 2.84 bits per heavy atom. The lowest BCUT2D eigenvalue weighted by atomic mass is 10.1. The molecule has 1 aromatic carbocycles. The molecule has 0 fully saturated rings. The molecule has 0 saturated heterocycles. The van der Waals surface area contributed by atoms with Crippen molar-refractivity contribution >= 4 is 11.4 Å². The van der Waals surface area contributed by atoms with Crippen molar-refractivity contribution in [1.29, 1.82) is 0 Å². The number of aromatic nitrogens is 3. The summed E-state index contributed by atoms with van der Waals surface area (Å²) in [7, 11) is 0. The highest BCUT2D eigenvalue weighted by atomic mass is 19.3. The predicted octanol–water partition coefficient (Wildman–Crippen LogP) is 2.71. The standard InChI is InChI=1S/C16H13F3N4O2/c1-9-4-5-21-23-14(9)11(8-22-23)7-20-15(24)10-2-3-13(12(17)6-10)25-16(18)19/h2-6,8,16H,7H2,1H3,(H,20,24). The van der Waals surface area contributed by atoms with Gasteiger partial charge in [0.1, 0.15) is 0 Å². The number of halogens is 3. The minimum atomic E-state index is -3.14. The van der Waals surface area contributed by atoms with Crippen LogP contribution in [0.4, 0.5) is 13.2 Å². The molecule has 3 aromatic rings. The minimum absolute atomic E-state index is 0.00885. The smallest absolute Gasteiger partial charge is 0.387 e. The number of benzene rings is 1. The number of ether oxygens (including phenoxy) is 1. The summed E-state index contributed by atoms with van der Waals surface area (Å²) in [6.45, 7) is -1.09. The summed E-state index contributed by atoms with van der Waals surface area (Å²) in [6.07, 6.45) is 3.19. The molecule has 2 heterocycles. The fourth-order valence-electron chi connectivity index (χ4n) is 2.40. The second kappa shape index (κ2) is 6.80. The van der Waals surface area contributed by atoms with E-state index in [1.807, 2.05) is 13.0 Å². The topological polar surface area (TPSA) is 68.5 Å². The summed E-state index contributed by atoms with van der Waals surface area (Å²) in [6, 6.07) is 4.86. The SMILES string of the molecule is Cc1ccnn2ncc(CNC(=O)c3ccc(OC(F)F)c(F)c3)c12. The largest absolute Gasteiger partial charge is 0.432 e. The first-order valence-corrected chi connectivity index (χ1v) is 7.27. The summed E-state index contributed by atoms with van der Waals surface area (Å²) in [5.41, 5.74) is 2.45. The van der Waals surface area contributed by atoms with Gasteiger partial charge in [-0.2, -0.15) is 23.6 Å². The molecule has 2 aromatic heterocycles. The maximum Gasteiger partial charge on any atom is 0.387 e. The third kappa shape index (κ3) is 3.54. The van der Waals surface area contributed by atoms with Gasteiger partial charge in [0, 0.05) is 23.9 Å². The highest BCUT2D eigenvalue weighted by Crippen LogP contribution is 2.20. The number of aryl methyl sites for hydroxylation is 1. The van der Waals surface area contributed by atoms with Crippen molar-refractivity contribution in [2.24, 2.45) is 0 Å². The molecule has 6 nitrogen and oxygen atoms in total. The van der Waals surface area contributed by atoms with Gasteiger partial charge in [-0.15, -0.1) is 0 Å². The summed E-state index contributed by atoms with van der Waals surface area (Å²) in [4.78, 5) is 12.1. The minimum Gasteiger partial charge on any atom is -0.432 e. The van der Waals surface area contributed by atoms with Crippen molar-refractivity contribution in [3.63, 3.8) is 0 Å². The highest BCUT2D eigenvalue weighted by Gasteiger charge is 2.14. The Bertz CT molecular complexity index is 927. The number of amides is 1. The second-order valence-corrected chi connectivity index (χ2v) is 5.23. The molecule has 0 spiro atoms. The number of fused-ring (bicyclic) bond motifs is 1. The van der Waals surface area contributed by atoms with Crippen molar-refractivity contribution in [2.75, 3.05) is 0 Å². The molecule has 0 atom stereocenters. The number of rotatable bonds is 5. The monoisotopic (exact) mass is 350 g/mol. The van der Waals surface area contributed by atoms with Crippen LogP contribution in [0.3, 0.4) is 0 Å². The van der Waals surface area contributed by atoms with Crippen LogP contribution >= 0.6 is 0 Å². The zero-order valence-corrected chi connectivity index (χ0v) is 13.0. The molecule has 0 aliphatic carbocycles. The third-order valence-electron chi connectivity index (χ3n) is 3.55. The van der Waals surface area contributed by atoms with Crippen molar-refractivity contribution in [3.05, 3.63) is 59.2 Å². The van der Waals surface area contributed by atoms with Crippen molar-refractivity contribution in [2.45, 2.75) is 20.1 Å². The molecule has 130 valence electrons. The Morgan fingerprint density at radius 1 is 1.32 bits per heavy atom. The van der Waals surface area contributed by atoms with Crippen LogP contribution in [0.1, 0.15) is 21.5 Å². The van der Waals surface area contributed by atoms with E-state index in [-0.39, 0.29) is 12.1 Å². The molecule has 0 aliphatic rings. The van der Waals surface area contributed by atoms with Crippen LogP contribution in [0.2, 0.25) is 0 Å². The van der Waals surface area contributed by atoms with Gasteiger partial charge in [-0.05, 0) is 36.8 Å². The Labute approximate surface area is 140 Å². The van der Waals surface area contributed by atoms with Gasteiger partial charge in [-0.1, -0.05) is 0 Å². The molecule has 0 unspecified atom stereocenters. The molecule has 3 rings (SSSR count). The van der Waals surface area contributed by atoms with Gasteiger partial charge >= 0.3 is 6.61 Å². The van der Waals surface area contributed by atoms with Gasteiger partial charge in [0.2, 0.25) is 0 Å². The predicted molar refractivity (Wildman–Crippen MR) is 81.9 cm³/mol. The normalized spacial score (nSPS) is 11.1. The van der Waals surface area contributed by atoms with Gasteiger partial charge in [0.05, 0.1) is 11.7 Å². The fraction of sp³-hybridized carbons (Fsp3) is 0.188. The van der Waals surface area contributed by atoms with Crippen LogP contribution in [0.15, 0.2) is 36.7 Å².